The molecule has 2 aromatic rings. The van der Waals surface area contributed by atoms with E-state index in [-0.39, 0.29) is 11.6 Å². The monoisotopic (exact) mass is 374 g/mol. The van der Waals surface area contributed by atoms with E-state index in [1.807, 2.05) is 0 Å². The minimum atomic E-state index is -0.882. The Morgan fingerprint density at radius 2 is 1.93 bits per heavy atom. The highest BCUT2D eigenvalue weighted by Crippen LogP contribution is 2.22. The van der Waals surface area contributed by atoms with Crippen LogP contribution in [0.1, 0.15) is 41.2 Å². The van der Waals surface area contributed by atoms with Crippen molar-refractivity contribution in [1.29, 1.82) is 0 Å². The number of hydrogen-bond donors (Lipinski definition) is 1. The molecule has 0 aliphatic carbocycles. The number of likely N-dealkylation sites (N-methyl/N-ethyl adjacent to an activating group) is 1. The highest BCUT2D eigenvalue weighted by atomic mass is 16.6. The van der Waals surface area contributed by atoms with Gasteiger partial charge in [0.2, 0.25) is 0 Å². The van der Waals surface area contributed by atoms with E-state index in [4.69, 9.17) is 4.74 Å². The first kappa shape index (κ1) is 20.1. The molecule has 9 heteroatoms. The Balaban J connectivity index is 2.07. The van der Waals surface area contributed by atoms with Gasteiger partial charge in [-0.1, -0.05) is 12.1 Å². The Morgan fingerprint density at radius 3 is 2.44 bits per heavy atom. The fraction of sp³-hybridized carbons (Fsp3) is 0.389. The van der Waals surface area contributed by atoms with Gasteiger partial charge in [0.15, 0.2) is 6.10 Å². The Kier molecular flexibility index (Phi) is 6.27. The molecule has 0 unspecified atom stereocenters. The van der Waals surface area contributed by atoms with E-state index in [1.54, 1.807) is 49.7 Å². The van der Waals surface area contributed by atoms with Crippen LogP contribution < -0.4 is 5.32 Å². The normalized spacial score (nSPS) is 11.7. The van der Waals surface area contributed by atoms with Gasteiger partial charge in [0, 0.05) is 6.54 Å². The molecule has 0 aliphatic heterocycles. The zero-order valence-electron chi connectivity index (χ0n) is 15.7. The molecule has 0 radical (unpaired) electrons. The van der Waals surface area contributed by atoms with E-state index in [1.165, 1.54) is 6.92 Å². The van der Waals surface area contributed by atoms with Crippen LogP contribution in [0.3, 0.4) is 0 Å². The third-order valence-corrected chi connectivity index (χ3v) is 4.05. The Hall–Kier alpha value is -3.23. The Bertz CT molecular complexity index is 857. The predicted molar refractivity (Wildman–Crippen MR) is 97.5 cm³/mol. The maximum absolute atomic E-state index is 12.1. The van der Waals surface area contributed by atoms with Crippen LogP contribution in [-0.4, -0.2) is 39.2 Å². The molecule has 144 valence electrons. The van der Waals surface area contributed by atoms with Gasteiger partial charge in [-0.05, 0) is 45.4 Å². The molecule has 2 rings (SSSR count). The average Bonchev–Trinajstić information content (AvgIpc) is 2.89. The summed E-state index contributed by atoms with van der Waals surface area (Å²) in [5.74, 6) is -0.948. The van der Waals surface area contributed by atoms with E-state index in [0.29, 0.717) is 30.0 Å². The summed E-state index contributed by atoms with van der Waals surface area (Å²) in [7, 11) is 0. The summed E-state index contributed by atoms with van der Waals surface area (Å²) in [6.45, 7) is 7.32. The van der Waals surface area contributed by atoms with E-state index < -0.39 is 17.0 Å². The average molecular weight is 374 g/mol. The van der Waals surface area contributed by atoms with Crippen molar-refractivity contribution in [3.8, 4) is 0 Å². The summed E-state index contributed by atoms with van der Waals surface area (Å²) in [6.07, 6.45) is -0.882. The number of nitrogens with zero attached hydrogens (tertiary/aromatic N) is 3. The number of amides is 1. The highest BCUT2D eigenvalue weighted by Gasteiger charge is 2.22. The highest BCUT2D eigenvalue weighted by molar-refractivity contribution is 5.92. The number of nitro groups is 1. The maximum Gasteiger partial charge on any atom is 0.338 e. The van der Waals surface area contributed by atoms with Crippen molar-refractivity contribution < 1.29 is 19.2 Å². The molecule has 1 aromatic carbocycles. The summed E-state index contributed by atoms with van der Waals surface area (Å²) < 4.78 is 6.68. The van der Waals surface area contributed by atoms with Crippen LogP contribution in [-0.2, 0) is 16.1 Å². The molecule has 0 saturated heterocycles. The van der Waals surface area contributed by atoms with Gasteiger partial charge in [0.25, 0.3) is 5.91 Å². The fourth-order valence-corrected chi connectivity index (χ4v) is 2.62. The molecule has 0 aliphatic rings. The number of carbonyl (C=O) groups is 2. The largest absolute Gasteiger partial charge is 0.449 e. The summed E-state index contributed by atoms with van der Waals surface area (Å²) in [5, 5.41) is 17.9. The summed E-state index contributed by atoms with van der Waals surface area (Å²) in [4.78, 5) is 34.4. The number of nitrogens with one attached hydrogen (secondary N) is 1. The molecule has 1 heterocycles. The molecule has 0 saturated carbocycles. The van der Waals surface area contributed by atoms with Crippen molar-refractivity contribution in [3.05, 3.63) is 56.9 Å². The topological polar surface area (TPSA) is 116 Å². The van der Waals surface area contributed by atoms with Crippen LogP contribution in [0, 0.1) is 24.0 Å². The second-order valence-electron chi connectivity index (χ2n) is 6.07. The first-order valence-electron chi connectivity index (χ1n) is 8.50. The van der Waals surface area contributed by atoms with Crippen LogP contribution in [0.5, 0.6) is 0 Å². The first-order chi connectivity index (χ1) is 12.7. The van der Waals surface area contributed by atoms with Gasteiger partial charge in [0.1, 0.15) is 11.4 Å². The zero-order valence-corrected chi connectivity index (χ0v) is 15.7. The zero-order chi connectivity index (χ0) is 20.1. The lowest BCUT2D eigenvalue weighted by molar-refractivity contribution is -0.386. The van der Waals surface area contributed by atoms with Crippen LogP contribution in [0.15, 0.2) is 24.3 Å². The van der Waals surface area contributed by atoms with Crippen molar-refractivity contribution in [1.82, 2.24) is 15.1 Å². The van der Waals surface area contributed by atoms with Crippen molar-refractivity contribution >= 4 is 17.6 Å². The second kappa shape index (κ2) is 8.43. The number of carbonyl (C=O) groups excluding carboxylic acids is 2. The smallest absolute Gasteiger partial charge is 0.338 e. The number of aryl methyl sites for hydroxylation is 1. The molecular formula is C18H22N4O5. The quantitative estimate of drug-likeness (QED) is 0.451. The van der Waals surface area contributed by atoms with E-state index in [9.17, 15) is 19.7 Å². The van der Waals surface area contributed by atoms with Gasteiger partial charge in [-0.2, -0.15) is 5.10 Å². The van der Waals surface area contributed by atoms with Gasteiger partial charge in [0.05, 0.1) is 17.0 Å². The fourth-order valence-electron chi connectivity index (χ4n) is 2.62. The van der Waals surface area contributed by atoms with Crippen LogP contribution >= 0.6 is 0 Å². The van der Waals surface area contributed by atoms with Gasteiger partial charge in [-0.15, -0.1) is 0 Å². The molecule has 1 aromatic heterocycles. The number of benzene rings is 1. The third kappa shape index (κ3) is 4.69. The molecule has 0 fully saturated rings. The summed E-state index contributed by atoms with van der Waals surface area (Å²) >= 11 is 0. The lowest BCUT2D eigenvalue weighted by atomic mass is 10.1. The molecule has 1 N–H and O–H groups in total. The lowest BCUT2D eigenvalue weighted by Gasteiger charge is -2.13. The first-order valence-corrected chi connectivity index (χ1v) is 8.50. The number of esters is 1. The minimum absolute atomic E-state index is 0.00883. The Labute approximate surface area is 156 Å². The van der Waals surface area contributed by atoms with Gasteiger partial charge < -0.3 is 10.1 Å². The standard InChI is InChI=1S/C18H22N4O5/c1-5-19-17(23)13(4)27-18(24)15-8-6-14(7-9-15)10-21-12(3)16(22(25)26)11(2)20-21/h6-9,13H,5,10H2,1-4H3,(H,19,23)/t13-/m1/s1. The van der Waals surface area contributed by atoms with Crippen LogP contribution in [0.2, 0.25) is 0 Å². The van der Waals surface area contributed by atoms with Crippen molar-refractivity contribution in [2.45, 2.75) is 40.3 Å². The molecule has 0 bridgehead atoms. The number of hydrogen-bond acceptors (Lipinski definition) is 6. The van der Waals surface area contributed by atoms with Crippen molar-refractivity contribution in [3.63, 3.8) is 0 Å². The van der Waals surface area contributed by atoms with Crippen molar-refractivity contribution in [2.75, 3.05) is 6.54 Å². The molecule has 27 heavy (non-hydrogen) atoms. The van der Waals surface area contributed by atoms with Gasteiger partial charge >= 0.3 is 11.7 Å². The maximum atomic E-state index is 12.1. The van der Waals surface area contributed by atoms with E-state index >= 15 is 0 Å². The lowest BCUT2D eigenvalue weighted by Crippen LogP contribution is -2.35. The minimum Gasteiger partial charge on any atom is -0.449 e. The second-order valence-corrected chi connectivity index (χ2v) is 6.07. The molecule has 0 spiro atoms. The molecular weight excluding hydrogens is 352 g/mol. The molecule has 9 nitrogen and oxygen atoms in total. The van der Waals surface area contributed by atoms with Gasteiger partial charge in [-0.3, -0.25) is 19.6 Å². The molecule has 1 amide bonds. The SMILES string of the molecule is CCNC(=O)[C@@H](C)OC(=O)c1ccc(Cn2nc(C)c([N+](=O)[O-])c2C)cc1. The summed E-state index contributed by atoms with van der Waals surface area (Å²) in [5.41, 5.74) is 1.97. The summed E-state index contributed by atoms with van der Waals surface area (Å²) in [6, 6.07) is 6.61. The molecule has 1 atom stereocenters. The number of aromatic nitrogens is 2. The van der Waals surface area contributed by atoms with Crippen molar-refractivity contribution in [2.24, 2.45) is 0 Å². The van der Waals surface area contributed by atoms with Gasteiger partial charge in [-0.25, -0.2) is 4.79 Å². The number of ether oxygens (including phenoxy) is 1. The third-order valence-electron chi connectivity index (χ3n) is 4.05. The van der Waals surface area contributed by atoms with Crippen LogP contribution in [0.25, 0.3) is 0 Å². The van der Waals surface area contributed by atoms with E-state index in [2.05, 4.69) is 10.4 Å². The Morgan fingerprint density at radius 1 is 1.30 bits per heavy atom. The van der Waals surface area contributed by atoms with Crippen LogP contribution in [0.4, 0.5) is 5.69 Å². The predicted octanol–water partition coefficient (Wildman–Crippen LogP) is 2.14. The number of rotatable bonds is 7. The van der Waals surface area contributed by atoms with E-state index in [0.717, 1.165) is 5.56 Å².